The first-order valence-electron chi connectivity index (χ1n) is 9.31. The van der Waals surface area contributed by atoms with E-state index in [4.69, 9.17) is 0 Å². The van der Waals surface area contributed by atoms with Crippen molar-refractivity contribution >= 4 is 10.2 Å². The quantitative estimate of drug-likeness (QED) is 0.823. The highest BCUT2D eigenvalue weighted by molar-refractivity contribution is 7.86. The molecule has 3 rings (SSSR count). The molecule has 2 heterocycles. The van der Waals surface area contributed by atoms with E-state index in [0.29, 0.717) is 19.0 Å². The van der Waals surface area contributed by atoms with Gasteiger partial charge in [-0.2, -0.15) is 17.0 Å². The zero-order chi connectivity index (χ0) is 18.1. The van der Waals surface area contributed by atoms with Crippen LogP contribution < -0.4 is 0 Å². The van der Waals surface area contributed by atoms with Gasteiger partial charge in [0.25, 0.3) is 10.2 Å². The predicted octanol–water partition coefficient (Wildman–Crippen LogP) is 2.38. The van der Waals surface area contributed by atoms with E-state index < -0.39 is 10.2 Å². The van der Waals surface area contributed by atoms with Crippen molar-refractivity contribution in [1.29, 1.82) is 0 Å². The highest BCUT2D eigenvalue weighted by atomic mass is 32.2. The molecule has 2 saturated heterocycles. The highest BCUT2D eigenvalue weighted by Gasteiger charge is 2.43. The molecule has 0 aromatic heterocycles. The summed E-state index contributed by atoms with van der Waals surface area (Å²) in [7, 11) is -0.0557. The van der Waals surface area contributed by atoms with Crippen LogP contribution >= 0.6 is 0 Å². The van der Waals surface area contributed by atoms with Gasteiger partial charge in [-0.25, -0.2) is 0 Å². The third kappa shape index (κ3) is 3.92. The Balaban J connectivity index is 1.75. The van der Waals surface area contributed by atoms with Gasteiger partial charge in [0.1, 0.15) is 0 Å². The maximum atomic E-state index is 12.4. The molecule has 2 aliphatic heterocycles. The maximum absolute atomic E-state index is 12.4. The Morgan fingerprint density at radius 2 is 1.80 bits per heavy atom. The first kappa shape index (κ1) is 18.8. The van der Waals surface area contributed by atoms with Crippen LogP contribution in [0.2, 0.25) is 0 Å². The lowest BCUT2D eigenvalue weighted by Crippen LogP contribution is -2.53. The highest BCUT2D eigenvalue weighted by Crippen LogP contribution is 2.45. The second-order valence-electron chi connectivity index (χ2n) is 7.83. The number of rotatable bonds is 4. The van der Waals surface area contributed by atoms with E-state index in [1.165, 1.54) is 16.3 Å². The summed E-state index contributed by atoms with van der Waals surface area (Å²) in [5.74, 6) is 0.548. The van der Waals surface area contributed by atoms with Gasteiger partial charge in [0.2, 0.25) is 0 Å². The topological polar surface area (TPSA) is 43.9 Å². The molecule has 0 bridgehead atoms. The minimum atomic E-state index is -3.29. The zero-order valence-electron chi connectivity index (χ0n) is 15.7. The van der Waals surface area contributed by atoms with Crippen molar-refractivity contribution in [1.82, 2.24) is 13.5 Å². The van der Waals surface area contributed by atoms with Crippen molar-refractivity contribution in [2.24, 2.45) is 5.41 Å². The monoisotopic (exact) mass is 365 g/mol. The van der Waals surface area contributed by atoms with Crippen LogP contribution in [-0.4, -0.2) is 68.7 Å². The molecule has 6 heteroatoms. The summed E-state index contributed by atoms with van der Waals surface area (Å²) >= 11 is 0. The van der Waals surface area contributed by atoms with E-state index in [1.807, 2.05) is 0 Å². The summed E-state index contributed by atoms with van der Waals surface area (Å²) in [5, 5.41) is 0. The Labute approximate surface area is 152 Å². The molecule has 0 aliphatic carbocycles. The van der Waals surface area contributed by atoms with Crippen molar-refractivity contribution in [3.8, 4) is 0 Å². The van der Waals surface area contributed by atoms with Gasteiger partial charge >= 0.3 is 0 Å². The van der Waals surface area contributed by atoms with Gasteiger partial charge in [0.05, 0.1) is 0 Å². The normalized spacial score (nSPS) is 25.5. The van der Waals surface area contributed by atoms with Gasteiger partial charge in [-0.1, -0.05) is 37.3 Å². The number of hydrogen-bond donors (Lipinski definition) is 0. The van der Waals surface area contributed by atoms with Crippen LogP contribution in [0.25, 0.3) is 0 Å². The molecular formula is C19H31N3O2S. The fourth-order valence-corrected chi connectivity index (χ4v) is 5.58. The van der Waals surface area contributed by atoms with Gasteiger partial charge in [0, 0.05) is 40.3 Å². The van der Waals surface area contributed by atoms with Crippen molar-refractivity contribution < 1.29 is 8.42 Å². The Kier molecular flexibility index (Phi) is 5.54. The fraction of sp³-hybridized carbons (Fsp3) is 0.684. The third-order valence-electron chi connectivity index (χ3n) is 6.01. The molecule has 0 saturated carbocycles. The summed E-state index contributed by atoms with van der Waals surface area (Å²) in [5.41, 5.74) is 1.66. The molecule has 1 aromatic carbocycles. The minimum absolute atomic E-state index is 0.243. The summed E-state index contributed by atoms with van der Waals surface area (Å²) in [6.45, 7) is 6.78. The first-order chi connectivity index (χ1) is 11.9. The van der Waals surface area contributed by atoms with Gasteiger partial charge in [-0.05, 0) is 42.7 Å². The second-order valence-corrected chi connectivity index (χ2v) is 9.97. The molecule has 2 fully saturated rings. The molecule has 0 radical (unpaired) electrons. The Morgan fingerprint density at radius 3 is 2.36 bits per heavy atom. The van der Waals surface area contributed by atoms with Crippen LogP contribution in [0.5, 0.6) is 0 Å². The standard InChI is InChI=1S/C19H31N3O2S/c1-4-21-15-18(17-8-6-5-7-9-17)14-19(16-21)10-12-22(13-11-19)25(23,24)20(2)3/h5-9,18H,4,10-16H2,1-3H3/t18-/m1/s1. The predicted molar refractivity (Wildman–Crippen MR) is 102 cm³/mol. The Morgan fingerprint density at radius 1 is 1.16 bits per heavy atom. The van der Waals surface area contributed by atoms with E-state index in [9.17, 15) is 8.42 Å². The summed E-state index contributed by atoms with van der Waals surface area (Å²) in [6.07, 6.45) is 3.09. The average molecular weight is 366 g/mol. The molecule has 1 aromatic rings. The van der Waals surface area contributed by atoms with Gasteiger partial charge in [-0.3, -0.25) is 0 Å². The van der Waals surface area contributed by atoms with Crippen LogP contribution in [0.1, 0.15) is 37.7 Å². The molecule has 25 heavy (non-hydrogen) atoms. The number of likely N-dealkylation sites (N-methyl/N-ethyl adjacent to an activating group) is 1. The second kappa shape index (κ2) is 7.35. The Hall–Kier alpha value is -0.950. The SMILES string of the molecule is CCN1C[C@H](c2ccccc2)CC2(CCN(S(=O)(=O)N(C)C)CC2)C1. The van der Waals surface area contributed by atoms with E-state index in [0.717, 1.165) is 32.5 Å². The molecule has 2 aliphatic rings. The molecule has 5 nitrogen and oxygen atoms in total. The number of likely N-dealkylation sites (tertiary alicyclic amines) is 1. The third-order valence-corrected chi connectivity index (χ3v) is 7.95. The van der Waals surface area contributed by atoms with Gasteiger partial charge < -0.3 is 4.90 Å². The number of benzene rings is 1. The number of nitrogens with zero attached hydrogens (tertiary/aromatic N) is 3. The molecule has 0 unspecified atom stereocenters. The van der Waals surface area contributed by atoms with E-state index in [2.05, 4.69) is 42.2 Å². The van der Waals surface area contributed by atoms with E-state index >= 15 is 0 Å². The summed E-state index contributed by atoms with van der Waals surface area (Å²) < 4.78 is 27.8. The zero-order valence-corrected chi connectivity index (χ0v) is 16.5. The van der Waals surface area contributed by atoms with Crippen molar-refractivity contribution in [3.05, 3.63) is 35.9 Å². The van der Waals surface area contributed by atoms with Crippen LogP contribution in [0.15, 0.2) is 30.3 Å². The van der Waals surface area contributed by atoms with Crippen molar-refractivity contribution in [2.75, 3.05) is 46.8 Å². The van der Waals surface area contributed by atoms with Crippen molar-refractivity contribution in [3.63, 3.8) is 0 Å². The molecular weight excluding hydrogens is 334 g/mol. The van der Waals surface area contributed by atoms with Gasteiger partial charge in [-0.15, -0.1) is 0 Å². The lowest BCUT2D eigenvalue weighted by molar-refractivity contribution is 0.0329. The fourth-order valence-electron chi connectivity index (χ4n) is 4.48. The molecule has 0 N–H and O–H groups in total. The van der Waals surface area contributed by atoms with Gasteiger partial charge in [0.15, 0.2) is 0 Å². The molecule has 140 valence electrons. The number of hydrogen-bond acceptors (Lipinski definition) is 3. The summed E-state index contributed by atoms with van der Waals surface area (Å²) in [4.78, 5) is 2.55. The number of piperidine rings is 2. The molecule has 1 spiro atoms. The lowest BCUT2D eigenvalue weighted by atomic mass is 9.68. The molecule has 0 amide bonds. The molecule has 1 atom stereocenters. The first-order valence-corrected chi connectivity index (χ1v) is 10.7. The van der Waals surface area contributed by atoms with Crippen LogP contribution in [-0.2, 0) is 10.2 Å². The van der Waals surface area contributed by atoms with E-state index in [1.54, 1.807) is 18.4 Å². The largest absolute Gasteiger partial charge is 0.302 e. The van der Waals surface area contributed by atoms with Crippen LogP contribution in [0.3, 0.4) is 0 Å². The van der Waals surface area contributed by atoms with Crippen molar-refractivity contribution in [2.45, 2.75) is 32.1 Å². The maximum Gasteiger partial charge on any atom is 0.281 e. The Bertz CT molecular complexity index is 667. The minimum Gasteiger partial charge on any atom is -0.302 e. The smallest absolute Gasteiger partial charge is 0.281 e. The van der Waals surface area contributed by atoms with E-state index in [-0.39, 0.29) is 5.41 Å². The average Bonchev–Trinajstić information content (AvgIpc) is 2.62. The van der Waals surface area contributed by atoms with Crippen LogP contribution in [0, 0.1) is 5.41 Å². The lowest BCUT2D eigenvalue weighted by Gasteiger charge is -2.50. The summed E-state index contributed by atoms with van der Waals surface area (Å²) in [6, 6.07) is 10.8. The van der Waals surface area contributed by atoms with Crippen LogP contribution in [0.4, 0.5) is 0 Å².